The first kappa shape index (κ1) is 24.4. The Morgan fingerprint density at radius 1 is 1.26 bits per heavy atom. The van der Waals surface area contributed by atoms with Crippen LogP contribution in [0.1, 0.15) is 37.9 Å². The number of hydrogen-bond donors (Lipinski definition) is 0. The number of fused-ring (bicyclic) bond motifs is 1. The second-order valence-corrected chi connectivity index (χ2v) is 8.69. The second-order valence-electron chi connectivity index (χ2n) is 7.35. The van der Waals surface area contributed by atoms with Crippen molar-refractivity contribution in [3.8, 4) is 5.75 Å². The molecule has 0 spiro atoms. The van der Waals surface area contributed by atoms with E-state index in [0.717, 1.165) is 29.4 Å². The maximum Gasteiger partial charge on any atom is 1.00 e. The smallest absolute Gasteiger partial charge is 0.490 e. The van der Waals surface area contributed by atoms with Crippen molar-refractivity contribution in [3.63, 3.8) is 0 Å². The Labute approximate surface area is 207 Å². The molecule has 160 valence electrons. The van der Waals surface area contributed by atoms with Crippen LogP contribution in [-0.2, 0) is 26.0 Å². The summed E-state index contributed by atoms with van der Waals surface area (Å²) < 4.78 is 30.7. The number of pyridine rings is 1. The van der Waals surface area contributed by atoms with Crippen LogP contribution in [0, 0.1) is 6.92 Å². The van der Waals surface area contributed by atoms with Crippen LogP contribution in [0.3, 0.4) is 0 Å². The van der Waals surface area contributed by atoms with E-state index in [-0.39, 0.29) is 41.4 Å². The minimum atomic E-state index is -1.39. The Morgan fingerprint density at radius 3 is 2.74 bits per heavy atom. The van der Waals surface area contributed by atoms with Gasteiger partial charge in [0.25, 0.3) is 0 Å². The van der Waals surface area contributed by atoms with Crippen molar-refractivity contribution in [2.75, 3.05) is 13.2 Å². The number of para-hydroxylation sites is 2. The zero-order valence-corrected chi connectivity index (χ0v) is 21.3. The van der Waals surface area contributed by atoms with Crippen LogP contribution in [0.5, 0.6) is 5.75 Å². The van der Waals surface area contributed by atoms with Gasteiger partial charge in [0.2, 0.25) is 0 Å². The van der Waals surface area contributed by atoms with Crippen molar-refractivity contribution in [3.05, 3.63) is 47.8 Å². The standard InChI is InChI=1S/C22H26N3O4S.Na/c1-4-22(5-2)28-13-16(29-22)12-27-20-10-11-23-19(15(20)3)14-30(26)21-24-17-8-6-7-9-18(17)25-21;/h6-11,16H,4-5,12-14H2,1-3H3;/q-1;+1. The fraction of sp³-hybridized carbons (Fsp3) is 0.455. The summed E-state index contributed by atoms with van der Waals surface area (Å²) in [5, 5.41) is 0.329. The van der Waals surface area contributed by atoms with E-state index in [2.05, 4.69) is 28.8 Å². The average molecular weight is 452 g/mol. The summed E-state index contributed by atoms with van der Waals surface area (Å²) in [7, 11) is -1.39. The maximum absolute atomic E-state index is 12.8. The summed E-state index contributed by atoms with van der Waals surface area (Å²) in [5.74, 6) is 0.448. The quantitative estimate of drug-likeness (QED) is 0.462. The molecule has 0 aliphatic carbocycles. The summed E-state index contributed by atoms with van der Waals surface area (Å²) >= 11 is 0. The molecular weight excluding hydrogens is 425 g/mol. The van der Waals surface area contributed by atoms with E-state index >= 15 is 0 Å². The van der Waals surface area contributed by atoms with Crippen molar-refractivity contribution in [1.82, 2.24) is 15.0 Å². The summed E-state index contributed by atoms with van der Waals surface area (Å²) in [6.07, 6.45) is 3.18. The molecule has 0 radical (unpaired) electrons. The first-order valence-corrected chi connectivity index (χ1v) is 11.5. The zero-order valence-electron chi connectivity index (χ0n) is 18.5. The van der Waals surface area contributed by atoms with Gasteiger partial charge in [-0.25, -0.2) is 0 Å². The van der Waals surface area contributed by atoms with Crippen molar-refractivity contribution >= 4 is 21.8 Å². The first-order chi connectivity index (χ1) is 14.5. The number of nitrogens with zero attached hydrogens (tertiary/aromatic N) is 3. The maximum atomic E-state index is 12.8. The van der Waals surface area contributed by atoms with Gasteiger partial charge in [-0.15, -0.1) is 0 Å². The summed E-state index contributed by atoms with van der Waals surface area (Å²) in [6, 6.07) is 9.32. The van der Waals surface area contributed by atoms with Crippen molar-refractivity contribution in [2.24, 2.45) is 0 Å². The fourth-order valence-corrected chi connectivity index (χ4v) is 4.61. The number of ether oxygens (including phenoxy) is 3. The molecule has 0 amide bonds. The largest absolute Gasteiger partial charge is 1.00 e. The van der Waals surface area contributed by atoms with Crippen LogP contribution in [0.4, 0.5) is 0 Å². The van der Waals surface area contributed by atoms with Crippen molar-refractivity contribution in [1.29, 1.82) is 0 Å². The minimum absolute atomic E-state index is 0. The molecule has 2 aromatic heterocycles. The molecule has 31 heavy (non-hydrogen) atoms. The van der Waals surface area contributed by atoms with E-state index in [1.54, 1.807) is 6.20 Å². The molecule has 1 aliphatic heterocycles. The summed E-state index contributed by atoms with van der Waals surface area (Å²) in [4.78, 5) is 13.2. The molecule has 7 nitrogen and oxygen atoms in total. The fourth-order valence-electron chi connectivity index (χ4n) is 3.54. The molecule has 3 heterocycles. The normalized spacial score (nSPS) is 18.6. The van der Waals surface area contributed by atoms with Gasteiger partial charge in [-0.3, -0.25) is 9.19 Å². The Balaban J connectivity index is 0.00000272. The van der Waals surface area contributed by atoms with Crippen LogP contribution in [0.2, 0.25) is 0 Å². The van der Waals surface area contributed by atoms with Crippen LogP contribution >= 0.6 is 0 Å². The van der Waals surface area contributed by atoms with Gasteiger partial charge in [0.1, 0.15) is 18.5 Å². The molecular formula is C22H26N3NaO4S. The SMILES string of the molecule is CCC1(CC)OCC(COc2ccnc(CS(=O)c3nc4ccccc4[n-]3)c2C)O1.[Na+]. The Kier molecular flexibility index (Phi) is 8.29. The Bertz CT molecular complexity index is 1020. The van der Waals surface area contributed by atoms with Crippen molar-refractivity contribution in [2.45, 2.75) is 56.4 Å². The number of aromatic nitrogens is 3. The van der Waals surface area contributed by atoms with E-state index in [9.17, 15) is 4.21 Å². The summed E-state index contributed by atoms with van der Waals surface area (Å²) in [6.45, 7) is 6.96. The average Bonchev–Trinajstić information content (AvgIpc) is 3.39. The van der Waals surface area contributed by atoms with Crippen molar-refractivity contribution < 1.29 is 48.0 Å². The predicted molar refractivity (Wildman–Crippen MR) is 114 cm³/mol. The third kappa shape index (κ3) is 5.38. The van der Waals surface area contributed by atoms with Crippen LogP contribution in [0.25, 0.3) is 11.0 Å². The topological polar surface area (TPSA) is 84.6 Å². The molecule has 3 aromatic rings. The van der Waals surface area contributed by atoms with Crippen LogP contribution in [0.15, 0.2) is 41.7 Å². The molecule has 1 fully saturated rings. The molecule has 1 saturated heterocycles. The Morgan fingerprint density at radius 2 is 2.03 bits per heavy atom. The minimum Gasteiger partial charge on any atom is -0.490 e. The molecule has 0 bridgehead atoms. The molecule has 2 atom stereocenters. The molecule has 4 rings (SSSR count). The molecule has 0 N–H and O–H groups in total. The number of imidazole rings is 1. The molecule has 9 heteroatoms. The second kappa shape index (κ2) is 10.6. The molecule has 1 aromatic carbocycles. The third-order valence-corrected chi connectivity index (χ3v) is 6.59. The molecule has 2 unspecified atom stereocenters. The van der Waals surface area contributed by atoms with Gasteiger partial charge in [0, 0.05) is 16.9 Å². The number of hydrogen-bond acceptors (Lipinski definition) is 6. The Hall–Kier alpha value is -1.29. The van der Waals surface area contributed by atoms with Gasteiger partial charge in [-0.05, 0) is 36.9 Å². The van der Waals surface area contributed by atoms with E-state index in [1.165, 1.54) is 0 Å². The van der Waals surface area contributed by atoms with E-state index in [1.807, 2.05) is 37.3 Å². The van der Waals surface area contributed by atoms with E-state index in [0.29, 0.717) is 29.8 Å². The van der Waals surface area contributed by atoms with Crippen LogP contribution in [-0.4, -0.2) is 39.3 Å². The molecule has 0 saturated carbocycles. The zero-order chi connectivity index (χ0) is 21.1. The van der Waals surface area contributed by atoms with Gasteiger partial charge in [0.05, 0.1) is 28.9 Å². The van der Waals surface area contributed by atoms with E-state index in [4.69, 9.17) is 14.2 Å². The number of benzene rings is 1. The van der Waals surface area contributed by atoms with Gasteiger partial charge in [0.15, 0.2) is 5.79 Å². The first-order valence-electron chi connectivity index (χ1n) is 10.2. The third-order valence-electron chi connectivity index (χ3n) is 5.46. The molecule has 1 aliphatic rings. The van der Waals surface area contributed by atoms with Gasteiger partial charge < -0.3 is 24.2 Å². The monoisotopic (exact) mass is 451 g/mol. The predicted octanol–water partition coefficient (Wildman–Crippen LogP) is 0.518. The van der Waals surface area contributed by atoms with Gasteiger partial charge in [-0.1, -0.05) is 38.1 Å². The summed E-state index contributed by atoms with van der Waals surface area (Å²) in [5.41, 5.74) is 3.06. The number of rotatable bonds is 8. The van der Waals surface area contributed by atoms with E-state index < -0.39 is 16.6 Å². The van der Waals surface area contributed by atoms with Gasteiger partial charge in [-0.2, -0.15) is 0 Å². The van der Waals surface area contributed by atoms with Gasteiger partial charge >= 0.3 is 29.6 Å². The van der Waals surface area contributed by atoms with Crippen LogP contribution < -0.4 is 39.3 Å².